The predicted molar refractivity (Wildman–Crippen MR) is 71.5 cm³/mol. The Kier molecular flexibility index (Phi) is 5.31. The van der Waals surface area contributed by atoms with Crippen LogP contribution in [0.2, 0.25) is 0 Å². The van der Waals surface area contributed by atoms with E-state index in [1.165, 1.54) is 4.90 Å². The number of hydrogen-bond acceptors (Lipinski definition) is 3. The van der Waals surface area contributed by atoms with Gasteiger partial charge in [0, 0.05) is 19.1 Å². The average molecular weight is 294 g/mol. The van der Waals surface area contributed by atoms with Gasteiger partial charge in [-0.1, -0.05) is 0 Å². The molecule has 2 aliphatic rings. The highest BCUT2D eigenvalue weighted by Gasteiger charge is 2.33. The zero-order valence-corrected chi connectivity index (χ0v) is 12.1. The van der Waals surface area contributed by atoms with Gasteiger partial charge in [-0.3, -0.25) is 4.90 Å². The molecule has 118 valence electrons. The molecule has 2 aliphatic heterocycles. The third kappa shape index (κ3) is 4.90. The van der Waals surface area contributed by atoms with Gasteiger partial charge < -0.3 is 10.0 Å². The molecule has 6 heteroatoms. The Morgan fingerprint density at radius 2 is 1.75 bits per heavy atom. The summed E-state index contributed by atoms with van der Waals surface area (Å²) in [5.41, 5.74) is 0. The first-order chi connectivity index (χ1) is 9.33. The van der Waals surface area contributed by atoms with Gasteiger partial charge in [0.1, 0.15) is 0 Å². The van der Waals surface area contributed by atoms with Crippen LogP contribution in [-0.2, 0) is 0 Å². The Hall–Kier alpha value is -0.330. The first-order valence-electron chi connectivity index (χ1n) is 7.54. The summed E-state index contributed by atoms with van der Waals surface area (Å²) in [6, 6.07) is 0.381. The van der Waals surface area contributed by atoms with E-state index in [9.17, 15) is 18.3 Å². The van der Waals surface area contributed by atoms with Crippen LogP contribution in [0.15, 0.2) is 0 Å². The summed E-state index contributed by atoms with van der Waals surface area (Å²) in [7, 11) is 0. The van der Waals surface area contributed by atoms with Crippen molar-refractivity contribution in [2.45, 2.75) is 50.9 Å². The summed E-state index contributed by atoms with van der Waals surface area (Å²) in [4.78, 5) is 3.90. The van der Waals surface area contributed by atoms with Crippen molar-refractivity contribution in [3.63, 3.8) is 0 Å². The quantitative estimate of drug-likeness (QED) is 0.863. The van der Waals surface area contributed by atoms with Gasteiger partial charge in [-0.15, -0.1) is 0 Å². The molecule has 0 radical (unpaired) electrons. The molecule has 1 N–H and O–H groups in total. The SMILES string of the molecule is CC1CC(O)CCN1CC1CCN(CC(F)(F)F)CC1. The van der Waals surface area contributed by atoms with Gasteiger partial charge in [0.2, 0.25) is 0 Å². The van der Waals surface area contributed by atoms with Crippen LogP contribution < -0.4 is 0 Å². The van der Waals surface area contributed by atoms with E-state index >= 15 is 0 Å². The molecule has 0 aliphatic carbocycles. The lowest BCUT2D eigenvalue weighted by Crippen LogP contribution is -2.47. The minimum Gasteiger partial charge on any atom is -0.393 e. The minimum absolute atomic E-state index is 0.185. The van der Waals surface area contributed by atoms with Crippen LogP contribution >= 0.6 is 0 Å². The van der Waals surface area contributed by atoms with Gasteiger partial charge in [0.25, 0.3) is 0 Å². The fourth-order valence-corrected chi connectivity index (χ4v) is 3.38. The van der Waals surface area contributed by atoms with Crippen LogP contribution in [0.5, 0.6) is 0 Å². The first kappa shape index (κ1) is 16.0. The molecule has 2 heterocycles. The fourth-order valence-electron chi connectivity index (χ4n) is 3.38. The van der Waals surface area contributed by atoms with E-state index in [1.54, 1.807) is 0 Å². The van der Waals surface area contributed by atoms with Gasteiger partial charge in [-0.05, 0) is 51.6 Å². The van der Waals surface area contributed by atoms with Crippen molar-refractivity contribution in [3.8, 4) is 0 Å². The monoisotopic (exact) mass is 294 g/mol. The Labute approximate surface area is 118 Å². The van der Waals surface area contributed by atoms with E-state index in [4.69, 9.17) is 0 Å². The van der Waals surface area contributed by atoms with Crippen LogP contribution in [0.3, 0.4) is 0 Å². The molecule has 0 aromatic carbocycles. The van der Waals surface area contributed by atoms with Crippen molar-refractivity contribution < 1.29 is 18.3 Å². The highest BCUT2D eigenvalue weighted by molar-refractivity contribution is 4.82. The molecule has 2 saturated heterocycles. The molecule has 0 bridgehead atoms. The van der Waals surface area contributed by atoms with E-state index in [0.717, 1.165) is 38.8 Å². The zero-order valence-electron chi connectivity index (χ0n) is 12.1. The molecule has 2 rings (SSSR count). The van der Waals surface area contributed by atoms with Gasteiger partial charge in [-0.2, -0.15) is 13.2 Å². The largest absolute Gasteiger partial charge is 0.401 e. The minimum atomic E-state index is -4.08. The average Bonchev–Trinajstić information content (AvgIpc) is 2.33. The van der Waals surface area contributed by atoms with Gasteiger partial charge in [-0.25, -0.2) is 0 Å². The molecule has 3 nitrogen and oxygen atoms in total. The number of nitrogens with zero attached hydrogens (tertiary/aromatic N) is 2. The standard InChI is InChI=1S/C14H25F3N2O/c1-11-8-13(20)4-7-19(11)9-12-2-5-18(6-3-12)10-14(15,16)17/h11-13,20H,2-10H2,1H3. The molecule has 0 aromatic heterocycles. The fraction of sp³-hybridized carbons (Fsp3) is 1.00. The molecule has 2 unspecified atom stereocenters. The van der Waals surface area contributed by atoms with E-state index in [-0.39, 0.29) is 6.10 Å². The molecule has 0 amide bonds. The van der Waals surface area contributed by atoms with Crippen molar-refractivity contribution in [2.24, 2.45) is 5.92 Å². The maximum Gasteiger partial charge on any atom is 0.401 e. The number of aliphatic hydroxyl groups is 1. The molecule has 2 atom stereocenters. The second kappa shape index (κ2) is 6.62. The molecule has 2 fully saturated rings. The maximum atomic E-state index is 12.3. The second-order valence-electron chi connectivity index (χ2n) is 6.36. The maximum absolute atomic E-state index is 12.3. The van der Waals surface area contributed by atoms with E-state index < -0.39 is 12.7 Å². The van der Waals surface area contributed by atoms with Crippen molar-refractivity contribution in [3.05, 3.63) is 0 Å². The Bertz CT molecular complexity index is 303. The van der Waals surface area contributed by atoms with Gasteiger partial charge in [0.05, 0.1) is 12.6 Å². The van der Waals surface area contributed by atoms with E-state index in [2.05, 4.69) is 11.8 Å². The highest BCUT2D eigenvalue weighted by atomic mass is 19.4. The van der Waals surface area contributed by atoms with Crippen molar-refractivity contribution in [2.75, 3.05) is 32.7 Å². The number of aliphatic hydroxyl groups excluding tert-OH is 1. The van der Waals surface area contributed by atoms with Crippen molar-refractivity contribution in [1.82, 2.24) is 9.80 Å². The Morgan fingerprint density at radius 1 is 1.10 bits per heavy atom. The lowest BCUT2D eigenvalue weighted by atomic mass is 9.93. The number of alkyl halides is 3. The zero-order chi connectivity index (χ0) is 14.8. The molecular formula is C14H25F3N2O. The smallest absolute Gasteiger partial charge is 0.393 e. The predicted octanol–water partition coefficient (Wildman–Crippen LogP) is 2.11. The Morgan fingerprint density at radius 3 is 2.30 bits per heavy atom. The summed E-state index contributed by atoms with van der Waals surface area (Å²) in [6.07, 6.45) is -0.937. The van der Waals surface area contributed by atoms with Gasteiger partial charge in [0.15, 0.2) is 0 Å². The number of piperidine rings is 2. The Balaban J connectivity index is 1.72. The normalized spacial score (nSPS) is 31.6. The van der Waals surface area contributed by atoms with Gasteiger partial charge >= 0.3 is 6.18 Å². The third-order valence-corrected chi connectivity index (χ3v) is 4.59. The summed E-state index contributed by atoms with van der Waals surface area (Å²) in [5.74, 6) is 0.497. The number of likely N-dealkylation sites (tertiary alicyclic amines) is 2. The molecule has 0 aromatic rings. The molecule has 0 spiro atoms. The van der Waals surface area contributed by atoms with Crippen LogP contribution in [0, 0.1) is 5.92 Å². The molecule has 0 saturated carbocycles. The van der Waals surface area contributed by atoms with Crippen LogP contribution in [0.25, 0.3) is 0 Å². The van der Waals surface area contributed by atoms with Crippen LogP contribution in [0.4, 0.5) is 13.2 Å². The molecule has 20 heavy (non-hydrogen) atoms. The molecular weight excluding hydrogens is 269 g/mol. The van der Waals surface area contributed by atoms with Crippen molar-refractivity contribution in [1.29, 1.82) is 0 Å². The van der Waals surface area contributed by atoms with E-state index in [1.807, 2.05) is 0 Å². The number of halogens is 3. The number of rotatable bonds is 3. The summed E-state index contributed by atoms with van der Waals surface area (Å²) >= 11 is 0. The summed E-state index contributed by atoms with van der Waals surface area (Å²) in [6.45, 7) is 4.33. The number of hydrogen-bond donors (Lipinski definition) is 1. The third-order valence-electron chi connectivity index (χ3n) is 4.59. The topological polar surface area (TPSA) is 26.7 Å². The first-order valence-corrected chi connectivity index (χ1v) is 7.54. The summed E-state index contributed by atoms with van der Waals surface area (Å²) < 4.78 is 37.0. The summed E-state index contributed by atoms with van der Waals surface area (Å²) in [5, 5.41) is 9.61. The lowest BCUT2D eigenvalue weighted by Gasteiger charge is -2.40. The van der Waals surface area contributed by atoms with E-state index in [0.29, 0.717) is 25.0 Å². The van der Waals surface area contributed by atoms with Crippen LogP contribution in [0.1, 0.15) is 32.6 Å². The van der Waals surface area contributed by atoms with Crippen LogP contribution in [-0.4, -0.2) is 66.0 Å². The lowest BCUT2D eigenvalue weighted by molar-refractivity contribution is -0.148. The highest BCUT2D eigenvalue weighted by Crippen LogP contribution is 2.25. The second-order valence-corrected chi connectivity index (χ2v) is 6.36. The van der Waals surface area contributed by atoms with Crippen molar-refractivity contribution >= 4 is 0 Å².